The molecule has 1 aromatic carbocycles. The Balaban J connectivity index is 0.00000702. The summed E-state index contributed by atoms with van der Waals surface area (Å²) in [5.41, 5.74) is 4.12. The van der Waals surface area contributed by atoms with Crippen LogP contribution in [0.3, 0.4) is 0 Å². The number of halogens is 1. The molecule has 0 aliphatic carbocycles. The number of rotatable bonds is 19. The second-order valence-corrected chi connectivity index (χ2v) is 14.7. The van der Waals surface area contributed by atoms with Gasteiger partial charge in [0.1, 0.15) is 12.1 Å². The van der Waals surface area contributed by atoms with Crippen molar-refractivity contribution in [3.05, 3.63) is 41.0 Å². The van der Waals surface area contributed by atoms with Crippen molar-refractivity contribution in [2.24, 2.45) is 5.41 Å². The van der Waals surface area contributed by atoms with Crippen molar-refractivity contribution < 1.29 is 38.4 Å². The second kappa shape index (κ2) is 21.7. The van der Waals surface area contributed by atoms with Crippen LogP contribution in [-0.2, 0) is 39.9 Å². The summed E-state index contributed by atoms with van der Waals surface area (Å²) in [5, 5.41) is 19.6. The van der Waals surface area contributed by atoms with E-state index in [1.54, 1.807) is 11.3 Å². The number of amides is 3. The number of likely N-dealkylation sites (tertiary alicyclic amines) is 1. The molecular formula is C36H56ClN5O8S. The third kappa shape index (κ3) is 14.0. The Morgan fingerprint density at radius 3 is 2.24 bits per heavy atom. The summed E-state index contributed by atoms with van der Waals surface area (Å²) < 4.78 is 22.5. The van der Waals surface area contributed by atoms with Gasteiger partial charge in [0.25, 0.3) is 0 Å². The molecule has 2 aromatic rings. The quantitative estimate of drug-likeness (QED) is 0.157. The van der Waals surface area contributed by atoms with Gasteiger partial charge >= 0.3 is 0 Å². The van der Waals surface area contributed by atoms with Gasteiger partial charge in [-0.1, -0.05) is 45.0 Å². The summed E-state index contributed by atoms with van der Waals surface area (Å²) in [6, 6.07) is 6.16. The highest BCUT2D eigenvalue weighted by Crippen LogP contribution is 2.28. The Labute approximate surface area is 311 Å². The van der Waals surface area contributed by atoms with Crippen LogP contribution >= 0.6 is 23.7 Å². The van der Waals surface area contributed by atoms with Crippen molar-refractivity contribution in [2.45, 2.75) is 84.2 Å². The van der Waals surface area contributed by atoms with E-state index in [2.05, 4.69) is 20.9 Å². The Kier molecular flexibility index (Phi) is 18.2. The lowest BCUT2D eigenvalue weighted by Crippen LogP contribution is -2.57. The Morgan fingerprint density at radius 1 is 1.00 bits per heavy atom. The van der Waals surface area contributed by atoms with Crippen LogP contribution in [0.25, 0.3) is 10.4 Å². The largest absolute Gasteiger partial charge is 0.391 e. The van der Waals surface area contributed by atoms with Crippen LogP contribution in [0, 0.1) is 12.3 Å². The van der Waals surface area contributed by atoms with Gasteiger partial charge in [-0.05, 0) is 49.4 Å². The fourth-order valence-electron chi connectivity index (χ4n) is 5.96. The summed E-state index contributed by atoms with van der Waals surface area (Å²) in [4.78, 5) is 46.8. The lowest BCUT2D eigenvalue weighted by atomic mass is 9.85. The van der Waals surface area contributed by atoms with E-state index in [1.807, 2.05) is 57.5 Å². The molecule has 1 aromatic heterocycles. The first-order valence-electron chi connectivity index (χ1n) is 17.6. The number of piperidine rings is 1. The summed E-state index contributed by atoms with van der Waals surface area (Å²) in [6.45, 7) is 12.7. The normalized spacial score (nSPS) is 18.6. The molecule has 51 heavy (non-hydrogen) atoms. The SMILES string of the molecule is Cc1ncsc1-c1ccc(CNC(=O)[C@@H]2C[C@@H](O)CN2C(=O)[C@@H](NC(=O)CCOCCOCCOCCOC2CCNCC2)C(C)(C)C)cc1.Cl. The van der Waals surface area contributed by atoms with E-state index in [0.29, 0.717) is 45.7 Å². The molecule has 13 nitrogen and oxygen atoms in total. The predicted molar refractivity (Wildman–Crippen MR) is 198 cm³/mol. The van der Waals surface area contributed by atoms with E-state index in [4.69, 9.17) is 18.9 Å². The Morgan fingerprint density at radius 2 is 1.63 bits per heavy atom. The third-order valence-electron chi connectivity index (χ3n) is 8.80. The van der Waals surface area contributed by atoms with Crippen molar-refractivity contribution >= 4 is 41.5 Å². The van der Waals surface area contributed by atoms with Crippen molar-refractivity contribution in [3.63, 3.8) is 0 Å². The molecule has 15 heteroatoms. The number of aliphatic hydroxyl groups is 1. The molecule has 2 aliphatic heterocycles. The second-order valence-electron chi connectivity index (χ2n) is 13.9. The van der Waals surface area contributed by atoms with Crippen molar-refractivity contribution in [1.29, 1.82) is 0 Å². The standard InChI is InChI=1S/C36H55N5O8S.ClH/c1-25-32(50-24-39-25)27-7-5-26(6-8-27)22-38-34(44)30-21-28(42)23-41(30)35(45)33(36(2,3)4)40-31(43)11-14-46-15-16-47-17-18-48-19-20-49-29-9-12-37-13-10-29;/h5-8,24,28-30,33,37,42H,9-23H2,1-4H3,(H,38,44)(H,40,43);1H/t28-,30+,33-;/m1./s1. The zero-order chi connectivity index (χ0) is 35.9. The van der Waals surface area contributed by atoms with Gasteiger partial charge in [0.05, 0.1) is 74.5 Å². The fourth-order valence-corrected chi connectivity index (χ4v) is 6.77. The number of aromatic nitrogens is 1. The molecule has 0 saturated carbocycles. The Bertz CT molecular complexity index is 1350. The van der Waals surface area contributed by atoms with E-state index in [9.17, 15) is 19.5 Å². The van der Waals surface area contributed by atoms with E-state index < -0.39 is 29.5 Å². The van der Waals surface area contributed by atoms with Crippen LogP contribution in [0.4, 0.5) is 0 Å². The van der Waals surface area contributed by atoms with E-state index >= 15 is 0 Å². The molecule has 4 rings (SSSR count). The molecule has 0 unspecified atom stereocenters. The number of carbonyl (C=O) groups excluding carboxylic acids is 3. The number of β-amino-alcohol motifs (C(OH)–C–C–N with tert-alkyl or cyclic N) is 1. The Hall–Kier alpha value is -2.69. The number of thiazole rings is 1. The summed E-state index contributed by atoms with van der Waals surface area (Å²) in [6.07, 6.45) is 1.75. The van der Waals surface area contributed by atoms with Crippen LogP contribution in [-0.4, -0.2) is 123 Å². The average Bonchev–Trinajstić information content (AvgIpc) is 3.71. The maximum atomic E-state index is 13.8. The highest BCUT2D eigenvalue weighted by Gasteiger charge is 2.44. The van der Waals surface area contributed by atoms with Gasteiger partial charge in [0.2, 0.25) is 17.7 Å². The first kappa shape index (κ1) is 42.7. The number of aliphatic hydroxyl groups excluding tert-OH is 1. The first-order valence-corrected chi connectivity index (χ1v) is 18.5. The molecule has 0 radical (unpaired) electrons. The zero-order valence-corrected chi connectivity index (χ0v) is 32.0. The van der Waals surface area contributed by atoms with Crippen LogP contribution in [0.1, 0.15) is 57.7 Å². The molecule has 2 fully saturated rings. The molecule has 2 saturated heterocycles. The van der Waals surface area contributed by atoms with Gasteiger partial charge in [-0.25, -0.2) is 4.98 Å². The minimum Gasteiger partial charge on any atom is -0.391 e. The van der Waals surface area contributed by atoms with Gasteiger partial charge in [-0.3, -0.25) is 14.4 Å². The minimum atomic E-state index is -0.897. The van der Waals surface area contributed by atoms with E-state index in [0.717, 1.165) is 47.6 Å². The lowest BCUT2D eigenvalue weighted by Gasteiger charge is -2.35. The number of hydrogen-bond acceptors (Lipinski definition) is 11. The smallest absolute Gasteiger partial charge is 0.246 e. The molecule has 286 valence electrons. The topological polar surface area (TPSA) is 161 Å². The van der Waals surface area contributed by atoms with Crippen LogP contribution < -0.4 is 16.0 Å². The number of hydrogen-bond donors (Lipinski definition) is 4. The molecule has 0 bridgehead atoms. The maximum Gasteiger partial charge on any atom is 0.246 e. The van der Waals surface area contributed by atoms with Gasteiger partial charge in [0, 0.05) is 25.9 Å². The number of carbonyl (C=O) groups is 3. The number of nitrogens with one attached hydrogen (secondary N) is 3. The van der Waals surface area contributed by atoms with Crippen molar-refractivity contribution in [1.82, 2.24) is 25.8 Å². The monoisotopic (exact) mass is 753 g/mol. The number of aryl methyl sites for hydroxylation is 1. The van der Waals surface area contributed by atoms with Gasteiger partial charge < -0.3 is 44.9 Å². The average molecular weight is 754 g/mol. The lowest BCUT2D eigenvalue weighted by molar-refractivity contribution is -0.144. The first-order chi connectivity index (χ1) is 24.0. The van der Waals surface area contributed by atoms with Crippen LogP contribution in [0.2, 0.25) is 0 Å². The maximum absolute atomic E-state index is 13.8. The van der Waals surface area contributed by atoms with Gasteiger partial charge in [-0.15, -0.1) is 23.7 Å². The van der Waals surface area contributed by atoms with Crippen molar-refractivity contribution in [2.75, 3.05) is 65.9 Å². The van der Waals surface area contributed by atoms with Crippen LogP contribution in [0.5, 0.6) is 0 Å². The minimum absolute atomic E-state index is 0. The molecule has 3 atom stereocenters. The van der Waals surface area contributed by atoms with E-state index in [1.165, 1.54) is 4.90 Å². The molecule has 3 amide bonds. The summed E-state index contributed by atoms with van der Waals surface area (Å²) in [5.74, 6) is -1.08. The summed E-state index contributed by atoms with van der Waals surface area (Å²) >= 11 is 1.58. The van der Waals surface area contributed by atoms with Gasteiger partial charge in [-0.2, -0.15) is 0 Å². The van der Waals surface area contributed by atoms with Crippen LogP contribution in [0.15, 0.2) is 29.8 Å². The molecule has 4 N–H and O–H groups in total. The number of ether oxygens (including phenoxy) is 4. The summed E-state index contributed by atoms with van der Waals surface area (Å²) in [7, 11) is 0. The fraction of sp³-hybridized carbons (Fsp3) is 0.667. The molecule has 3 heterocycles. The van der Waals surface area contributed by atoms with E-state index in [-0.39, 0.29) is 56.8 Å². The third-order valence-corrected chi connectivity index (χ3v) is 9.77. The molecule has 2 aliphatic rings. The predicted octanol–water partition coefficient (Wildman–Crippen LogP) is 2.86. The highest BCUT2D eigenvalue weighted by molar-refractivity contribution is 7.13. The number of nitrogens with zero attached hydrogens (tertiary/aromatic N) is 2. The number of benzene rings is 1. The molecular weight excluding hydrogens is 698 g/mol. The molecule has 0 spiro atoms. The van der Waals surface area contributed by atoms with Gasteiger partial charge in [0.15, 0.2) is 0 Å². The van der Waals surface area contributed by atoms with Crippen molar-refractivity contribution in [3.8, 4) is 10.4 Å². The zero-order valence-electron chi connectivity index (χ0n) is 30.3. The highest BCUT2D eigenvalue weighted by atomic mass is 35.5.